The van der Waals surface area contributed by atoms with Crippen LogP contribution in [0, 0.1) is 5.41 Å². The Morgan fingerprint density at radius 1 is 1.29 bits per heavy atom. The van der Waals surface area contributed by atoms with Crippen LogP contribution in [0.4, 0.5) is 0 Å². The largest absolute Gasteiger partial charge is 0.393 e. The van der Waals surface area contributed by atoms with E-state index in [0.717, 1.165) is 19.6 Å². The molecule has 1 aromatic rings. The van der Waals surface area contributed by atoms with Crippen LogP contribution in [0.3, 0.4) is 0 Å². The molecule has 17 heavy (non-hydrogen) atoms. The Morgan fingerprint density at radius 2 is 1.88 bits per heavy atom. The first kappa shape index (κ1) is 14.1. The number of hydrogen-bond acceptors (Lipinski definition) is 2. The first-order chi connectivity index (χ1) is 7.95. The Labute approximate surface area is 110 Å². The van der Waals surface area contributed by atoms with Gasteiger partial charge in [0.1, 0.15) is 0 Å². The van der Waals surface area contributed by atoms with Gasteiger partial charge in [-0.2, -0.15) is 0 Å². The molecule has 0 aromatic heterocycles. The molecule has 3 heteroatoms. The summed E-state index contributed by atoms with van der Waals surface area (Å²) in [4.78, 5) is 2.96. The third-order valence-electron chi connectivity index (χ3n) is 2.98. The summed E-state index contributed by atoms with van der Waals surface area (Å²) in [6.07, 6.45) is 0. The van der Waals surface area contributed by atoms with Gasteiger partial charge in [-0.05, 0) is 12.1 Å². The summed E-state index contributed by atoms with van der Waals surface area (Å²) < 4.78 is 0. The number of nitrogens with two attached hydrogens (primary N) is 1. The molecule has 0 aliphatic carbocycles. The molecule has 0 saturated carbocycles. The van der Waals surface area contributed by atoms with Gasteiger partial charge in [-0.3, -0.25) is 4.90 Å². The van der Waals surface area contributed by atoms with Gasteiger partial charge >= 0.3 is 0 Å². The summed E-state index contributed by atoms with van der Waals surface area (Å²) >= 11 is 5.11. The highest BCUT2D eigenvalue weighted by Crippen LogP contribution is 2.18. The molecule has 94 valence electrons. The van der Waals surface area contributed by atoms with E-state index in [4.69, 9.17) is 18.0 Å². The molecule has 1 aromatic carbocycles. The van der Waals surface area contributed by atoms with Crippen LogP contribution < -0.4 is 5.73 Å². The van der Waals surface area contributed by atoms with Crippen molar-refractivity contribution in [3.63, 3.8) is 0 Å². The fourth-order valence-electron chi connectivity index (χ4n) is 1.76. The van der Waals surface area contributed by atoms with Crippen LogP contribution in [0.2, 0.25) is 0 Å². The van der Waals surface area contributed by atoms with Crippen molar-refractivity contribution in [2.24, 2.45) is 11.1 Å². The minimum Gasteiger partial charge on any atom is -0.393 e. The molecular weight excluding hydrogens is 228 g/mol. The fraction of sp³-hybridized carbons (Fsp3) is 0.500. The standard InChI is InChI=1S/C14H22N2S/c1-4-16(11-14(2,3)13(15)17)10-12-8-6-5-7-9-12/h5-9H,4,10-11H2,1-3H3,(H2,15,17). The molecule has 1 rings (SSSR count). The van der Waals surface area contributed by atoms with Gasteiger partial charge in [0.15, 0.2) is 0 Å². The zero-order valence-electron chi connectivity index (χ0n) is 10.9. The van der Waals surface area contributed by atoms with Gasteiger partial charge in [0, 0.05) is 18.5 Å². The summed E-state index contributed by atoms with van der Waals surface area (Å²) in [5, 5.41) is 0. The molecule has 0 fully saturated rings. The van der Waals surface area contributed by atoms with Crippen LogP contribution in [0.15, 0.2) is 30.3 Å². The smallest absolute Gasteiger partial charge is 0.0797 e. The molecule has 0 atom stereocenters. The van der Waals surface area contributed by atoms with E-state index >= 15 is 0 Å². The van der Waals surface area contributed by atoms with E-state index in [1.165, 1.54) is 5.56 Å². The second-order valence-corrected chi connectivity index (χ2v) is 5.48. The number of hydrogen-bond donors (Lipinski definition) is 1. The summed E-state index contributed by atoms with van der Waals surface area (Å²) in [7, 11) is 0. The van der Waals surface area contributed by atoms with Crippen LogP contribution in [0.25, 0.3) is 0 Å². The van der Waals surface area contributed by atoms with Crippen molar-refractivity contribution in [1.82, 2.24) is 4.90 Å². The van der Waals surface area contributed by atoms with Gasteiger partial charge in [0.2, 0.25) is 0 Å². The van der Waals surface area contributed by atoms with Gasteiger partial charge in [-0.15, -0.1) is 0 Å². The molecule has 0 saturated heterocycles. The van der Waals surface area contributed by atoms with Crippen LogP contribution in [0.1, 0.15) is 26.3 Å². The van der Waals surface area contributed by atoms with Crippen molar-refractivity contribution >= 4 is 17.2 Å². The molecule has 0 unspecified atom stereocenters. The molecule has 0 amide bonds. The maximum Gasteiger partial charge on any atom is 0.0797 e. The maximum absolute atomic E-state index is 5.77. The summed E-state index contributed by atoms with van der Waals surface area (Å²) in [6, 6.07) is 10.5. The van der Waals surface area contributed by atoms with Crippen molar-refractivity contribution in [1.29, 1.82) is 0 Å². The first-order valence-electron chi connectivity index (χ1n) is 6.02. The minimum absolute atomic E-state index is 0.111. The Kier molecular flexibility index (Phi) is 5.09. The van der Waals surface area contributed by atoms with Crippen molar-refractivity contribution in [3.05, 3.63) is 35.9 Å². The number of thiocarbonyl (C=S) groups is 1. The van der Waals surface area contributed by atoms with E-state index < -0.39 is 0 Å². The lowest BCUT2D eigenvalue weighted by molar-refractivity contribution is 0.223. The summed E-state index contributed by atoms with van der Waals surface area (Å²) in [6.45, 7) is 9.21. The molecule has 0 radical (unpaired) electrons. The predicted octanol–water partition coefficient (Wildman–Crippen LogP) is 2.82. The Balaban J connectivity index is 2.64. The summed E-state index contributed by atoms with van der Waals surface area (Å²) in [5.74, 6) is 0. The van der Waals surface area contributed by atoms with Gasteiger partial charge in [0.05, 0.1) is 4.99 Å². The van der Waals surface area contributed by atoms with Gasteiger partial charge in [-0.1, -0.05) is 63.3 Å². The van der Waals surface area contributed by atoms with Crippen LogP contribution in [-0.2, 0) is 6.54 Å². The average Bonchev–Trinajstić information content (AvgIpc) is 2.29. The highest BCUT2D eigenvalue weighted by Gasteiger charge is 2.24. The molecule has 2 N–H and O–H groups in total. The van der Waals surface area contributed by atoms with E-state index in [2.05, 4.69) is 49.9 Å². The van der Waals surface area contributed by atoms with Gasteiger partial charge in [0.25, 0.3) is 0 Å². The lowest BCUT2D eigenvalue weighted by atomic mass is 9.92. The molecule has 0 aliphatic heterocycles. The molecule has 0 spiro atoms. The lowest BCUT2D eigenvalue weighted by Crippen LogP contribution is -2.41. The Hall–Kier alpha value is -0.930. The van der Waals surface area contributed by atoms with Crippen molar-refractivity contribution in [2.45, 2.75) is 27.3 Å². The highest BCUT2D eigenvalue weighted by atomic mass is 32.1. The molecular formula is C14H22N2S. The Bertz CT molecular complexity index is 360. The van der Waals surface area contributed by atoms with Crippen LogP contribution >= 0.6 is 12.2 Å². The second kappa shape index (κ2) is 6.12. The zero-order chi connectivity index (χ0) is 12.9. The van der Waals surface area contributed by atoms with Gasteiger partial charge in [-0.25, -0.2) is 0 Å². The van der Waals surface area contributed by atoms with E-state index in [1.807, 2.05) is 6.07 Å². The van der Waals surface area contributed by atoms with Crippen LogP contribution in [0.5, 0.6) is 0 Å². The van der Waals surface area contributed by atoms with Crippen molar-refractivity contribution in [3.8, 4) is 0 Å². The minimum atomic E-state index is -0.111. The molecule has 2 nitrogen and oxygen atoms in total. The topological polar surface area (TPSA) is 29.3 Å². The molecule has 0 heterocycles. The third-order valence-corrected chi connectivity index (χ3v) is 3.53. The van der Waals surface area contributed by atoms with Crippen molar-refractivity contribution < 1.29 is 0 Å². The molecule has 0 aliphatic rings. The number of benzene rings is 1. The van der Waals surface area contributed by atoms with E-state index in [9.17, 15) is 0 Å². The fourth-order valence-corrected chi connectivity index (χ4v) is 1.82. The summed E-state index contributed by atoms with van der Waals surface area (Å²) in [5.41, 5.74) is 6.99. The second-order valence-electron chi connectivity index (χ2n) is 5.04. The normalized spacial score (nSPS) is 11.8. The lowest BCUT2D eigenvalue weighted by Gasteiger charge is -2.31. The quantitative estimate of drug-likeness (QED) is 0.787. The first-order valence-corrected chi connectivity index (χ1v) is 6.42. The number of rotatable bonds is 6. The monoisotopic (exact) mass is 250 g/mol. The van der Waals surface area contributed by atoms with E-state index in [0.29, 0.717) is 4.99 Å². The number of nitrogens with zero attached hydrogens (tertiary/aromatic N) is 1. The predicted molar refractivity (Wildman–Crippen MR) is 78.0 cm³/mol. The Morgan fingerprint density at radius 3 is 2.35 bits per heavy atom. The molecule has 0 bridgehead atoms. The average molecular weight is 250 g/mol. The van der Waals surface area contributed by atoms with Crippen LogP contribution in [-0.4, -0.2) is 23.0 Å². The highest BCUT2D eigenvalue weighted by molar-refractivity contribution is 7.80. The van der Waals surface area contributed by atoms with E-state index in [-0.39, 0.29) is 5.41 Å². The SMILES string of the molecule is CCN(Cc1ccccc1)CC(C)(C)C(N)=S. The van der Waals surface area contributed by atoms with E-state index in [1.54, 1.807) is 0 Å². The van der Waals surface area contributed by atoms with Crippen molar-refractivity contribution in [2.75, 3.05) is 13.1 Å². The third kappa shape index (κ3) is 4.44. The zero-order valence-corrected chi connectivity index (χ0v) is 11.8. The van der Waals surface area contributed by atoms with Gasteiger partial charge < -0.3 is 5.73 Å². The maximum atomic E-state index is 5.77.